The summed E-state index contributed by atoms with van der Waals surface area (Å²) >= 11 is 0. The second kappa shape index (κ2) is 13.7. The van der Waals surface area contributed by atoms with Crippen molar-refractivity contribution in [3.63, 3.8) is 0 Å². The van der Waals surface area contributed by atoms with Crippen molar-refractivity contribution in [2.45, 2.75) is 57.9 Å². The van der Waals surface area contributed by atoms with Crippen molar-refractivity contribution in [3.05, 3.63) is 59.7 Å². The van der Waals surface area contributed by atoms with Crippen LogP contribution in [-0.2, 0) is 11.2 Å². The summed E-state index contributed by atoms with van der Waals surface area (Å²) < 4.78 is 5.80. The largest absolute Gasteiger partial charge is 0.395 e. The van der Waals surface area contributed by atoms with Gasteiger partial charge in [0.2, 0.25) is 0 Å². The van der Waals surface area contributed by atoms with E-state index in [0.717, 1.165) is 70.3 Å². The van der Waals surface area contributed by atoms with E-state index in [1.807, 2.05) is 18.2 Å². The van der Waals surface area contributed by atoms with Gasteiger partial charge in [0.1, 0.15) is 0 Å². The Morgan fingerprint density at radius 1 is 1.10 bits per heavy atom. The molecule has 0 aromatic heterocycles. The lowest BCUT2D eigenvalue weighted by atomic mass is 9.78. The Balaban J connectivity index is 1.63. The number of hydrogen-bond acceptors (Lipinski definition) is 4. The third-order valence-electron chi connectivity index (χ3n) is 5.73. The van der Waals surface area contributed by atoms with Crippen LogP contribution in [0.5, 0.6) is 0 Å². The van der Waals surface area contributed by atoms with E-state index in [9.17, 15) is 10.2 Å². The lowest BCUT2D eigenvalue weighted by Gasteiger charge is -2.34. The first-order chi connectivity index (χ1) is 14.2. The van der Waals surface area contributed by atoms with Crippen LogP contribution in [0, 0.1) is 5.41 Å². The number of ether oxygens (including phenoxy) is 1. The first-order valence-electron chi connectivity index (χ1n) is 11.2. The molecule has 162 valence electrons. The van der Waals surface area contributed by atoms with Crippen LogP contribution in [0.25, 0.3) is 0 Å². The fraction of sp³-hybridized carbons (Fsp3) is 0.600. The SMILES string of the molecule is CCCC(CCCCOCCc1ccccc1)NCC1(CO)C=CC=C(CO)C1. The van der Waals surface area contributed by atoms with Crippen LogP contribution in [0.4, 0.5) is 0 Å². The molecule has 1 aromatic carbocycles. The number of rotatable bonds is 15. The van der Waals surface area contributed by atoms with Crippen molar-refractivity contribution in [1.29, 1.82) is 0 Å². The van der Waals surface area contributed by atoms with Gasteiger partial charge in [0.25, 0.3) is 0 Å². The number of nitrogens with one attached hydrogen (secondary N) is 1. The number of aliphatic hydroxyl groups is 2. The van der Waals surface area contributed by atoms with Gasteiger partial charge in [-0.05, 0) is 49.7 Å². The molecule has 3 N–H and O–H groups in total. The lowest BCUT2D eigenvalue weighted by molar-refractivity contribution is 0.131. The minimum atomic E-state index is -0.292. The molecule has 1 aliphatic carbocycles. The first-order valence-corrected chi connectivity index (χ1v) is 11.2. The summed E-state index contributed by atoms with van der Waals surface area (Å²) in [5.74, 6) is 0. The average molecular weight is 402 g/mol. The quantitative estimate of drug-likeness (QED) is 0.388. The van der Waals surface area contributed by atoms with Gasteiger partial charge in [0.05, 0.1) is 19.8 Å². The monoisotopic (exact) mass is 401 g/mol. The standard InChI is InChI=1S/C25H39NO3/c1-2-9-24(26-20-25(21-28)15-8-12-23(18-25)19-27)13-6-7-16-29-17-14-22-10-4-3-5-11-22/h3-5,8,10-12,15,24,26-28H,2,6-7,9,13-14,16-21H2,1H3. The van der Waals surface area contributed by atoms with Crippen LogP contribution in [0.15, 0.2) is 54.1 Å². The van der Waals surface area contributed by atoms with Crippen molar-refractivity contribution >= 4 is 0 Å². The molecule has 0 radical (unpaired) electrons. The van der Waals surface area contributed by atoms with Gasteiger partial charge in [-0.15, -0.1) is 0 Å². The summed E-state index contributed by atoms with van der Waals surface area (Å²) in [6.07, 6.45) is 13.3. The summed E-state index contributed by atoms with van der Waals surface area (Å²) in [5.41, 5.74) is 2.02. The highest BCUT2D eigenvalue weighted by molar-refractivity contribution is 5.24. The third-order valence-corrected chi connectivity index (χ3v) is 5.73. The fourth-order valence-corrected chi connectivity index (χ4v) is 3.93. The summed E-state index contributed by atoms with van der Waals surface area (Å²) in [4.78, 5) is 0. The summed E-state index contributed by atoms with van der Waals surface area (Å²) in [5, 5.41) is 23.1. The second-order valence-corrected chi connectivity index (χ2v) is 8.25. The van der Waals surface area contributed by atoms with Crippen molar-refractivity contribution in [1.82, 2.24) is 5.32 Å². The Labute approximate surface area is 176 Å². The maximum absolute atomic E-state index is 9.96. The Hall–Kier alpha value is -1.46. The summed E-state index contributed by atoms with van der Waals surface area (Å²) in [7, 11) is 0. The molecule has 1 aliphatic rings. The van der Waals surface area contributed by atoms with E-state index in [-0.39, 0.29) is 18.6 Å². The van der Waals surface area contributed by atoms with E-state index in [2.05, 4.69) is 42.6 Å². The molecule has 0 fully saturated rings. The van der Waals surface area contributed by atoms with Gasteiger partial charge in [-0.3, -0.25) is 0 Å². The van der Waals surface area contributed by atoms with Crippen LogP contribution < -0.4 is 5.32 Å². The molecule has 0 spiro atoms. The van der Waals surface area contributed by atoms with Crippen molar-refractivity contribution in [2.24, 2.45) is 5.41 Å². The van der Waals surface area contributed by atoms with Crippen molar-refractivity contribution < 1.29 is 14.9 Å². The van der Waals surface area contributed by atoms with E-state index in [0.29, 0.717) is 6.04 Å². The number of unbranched alkanes of at least 4 members (excludes halogenated alkanes) is 1. The molecule has 0 saturated carbocycles. The van der Waals surface area contributed by atoms with Gasteiger partial charge in [-0.1, -0.05) is 61.9 Å². The maximum atomic E-state index is 9.96. The molecule has 2 unspecified atom stereocenters. The van der Waals surface area contributed by atoms with E-state index >= 15 is 0 Å². The number of allylic oxidation sites excluding steroid dienone is 2. The molecule has 2 atom stereocenters. The van der Waals surface area contributed by atoms with Gasteiger partial charge in [0.15, 0.2) is 0 Å². The first kappa shape index (κ1) is 23.8. The topological polar surface area (TPSA) is 61.7 Å². The van der Waals surface area contributed by atoms with Crippen molar-refractivity contribution in [3.8, 4) is 0 Å². The van der Waals surface area contributed by atoms with Gasteiger partial charge in [-0.2, -0.15) is 0 Å². The molecule has 29 heavy (non-hydrogen) atoms. The smallest absolute Gasteiger partial charge is 0.0645 e. The third kappa shape index (κ3) is 8.83. The lowest BCUT2D eigenvalue weighted by Crippen LogP contribution is -2.42. The molecule has 0 bridgehead atoms. The van der Waals surface area contributed by atoms with Gasteiger partial charge in [0, 0.05) is 24.6 Å². The number of hydrogen-bond donors (Lipinski definition) is 3. The number of aliphatic hydroxyl groups excluding tert-OH is 2. The average Bonchev–Trinajstić information content (AvgIpc) is 2.77. The molecule has 4 heteroatoms. The van der Waals surface area contributed by atoms with E-state index in [1.54, 1.807) is 0 Å². The minimum Gasteiger partial charge on any atom is -0.395 e. The van der Waals surface area contributed by atoms with Crippen LogP contribution >= 0.6 is 0 Å². The zero-order valence-electron chi connectivity index (χ0n) is 18.0. The predicted octanol–water partition coefficient (Wildman–Crippen LogP) is 4.03. The molecule has 2 rings (SSSR count). The highest BCUT2D eigenvalue weighted by atomic mass is 16.5. The Morgan fingerprint density at radius 3 is 2.66 bits per heavy atom. The number of benzene rings is 1. The van der Waals surface area contributed by atoms with Crippen molar-refractivity contribution in [2.75, 3.05) is 33.0 Å². The normalized spacial score (nSPS) is 19.9. The van der Waals surface area contributed by atoms with Gasteiger partial charge < -0.3 is 20.3 Å². The summed E-state index contributed by atoms with van der Waals surface area (Å²) in [6, 6.07) is 10.9. The zero-order valence-corrected chi connectivity index (χ0v) is 18.0. The van der Waals surface area contributed by atoms with Crippen LogP contribution in [0.2, 0.25) is 0 Å². The van der Waals surface area contributed by atoms with E-state index in [1.165, 1.54) is 5.56 Å². The van der Waals surface area contributed by atoms with E-state index in [4.69, 9.17) is 4.74 Å². The van der Waals surface area contributed by atoms with Gasteiger partial charge >= 0.3 is 0 Å². The zero-order chi connectivity index (χ0) is 20.8. The predicted molar refractivity (Wildman–Crippen MR) is 120 cm³/mol. The Morgan fingerprint density at radius 2 is 1.93 bits per heavy atom. The molecule has 0 saturated heterocycles. The molecule has 4 nitrogen and oxygen atoms in total. The van der Waals surface area contributed by atoms with Crippen LogP contribution in [0.1, 0.15) is 51.0 Å². The Kier molecular flexibility index (Phi) is 11.3. The molecule has 0 amide bonds. The molecule has 0 aliphatic heterocycles. The van der Waals surface area contributed by atoms with Crippen LogP contribution in [0.3, 0.4) is 0 Å². The highest BCUT2D eigenvalue weighted by Gasteiger charge is 2.29. The maximum Gasteiger partial charge on any atom is 0.0645 e. The Bertz CT molecular complexity index is 614. The second-order valence-electron chi connectivity index (χ2n) is 8.25. The molecule has 0 heterocycles. The fourth-order valence-electron chi connectivity index (χ4n) is 3.93. The van der Waals surface area contributed by atoms with E-state index < -0.39 is 0 Å². The highest BCUT2D eigenvalue weighted by Crippen LogP contribution is 2.31. The van der Waals surface area contributed by atoms with Gasteiger partial charge in [-0.25, -0.2) is 0 Å². The molecule has 1 aromatic rings. The summed E-state index contributed by atoms with van der Waals surface area (Å²) in [6.45, 7) is 4.73. The molecular formula is C25H39NO3. The van der Waals surface area contributed by atoms with Crippen LogP contribution in [-0.4, -0.2) is 49.2 Å². The molecular weight excluding hydrogens is 362 g/mol. The minimum absolute atomic E-state index is 0.0642.